The summed E-state index contributed by atoms with van der Waals surface area (Å²) in [6.45, 7) is 4.57. The fourth-order valence-corrected chi connectivity index (χ4v) is 5.36. The van der Waals surface area contributed by atoms with E-state index in [1.807, 2.05) is 37.3 Å². The second-order valence-corrected chi connectivity index (χ2v) is 9.92. The Kier molecular flexibility index (Phi) is 7.22. The summed E-state index contributed by atoms with van der Waals surface area (Å²) in [5.41, 5.74) is 0. The fourth-order valence-electron chi connectivity index (χ4n) is 3.06. The Morgan fingerprint density at radius 3 is 2.40 bits per heavy atom. The van der Waals surface area contributed by atoms with Crippen LogP contribution in [0.2, 0.25) is 0 Å². The molecular formula is C20H24N2O6S2. The molecule has 3 rings (SSSR count). The van der Waals surface area contributed by atoms with E-state index in [0.29, 0.717) is 13.1 Å². The molecule has 30 heavy (non-hydrogen) atoms. The van der Waals surface area contributed by atoms with Gasteiger partial charge in [-0.05, 0) is 38.1 Å². The van der Waals surface area contributed by atoms with Gasteiger partial charge in [-0.1, -0.05) is 18.2 Å². The van der Waals surface area contributed by atoms with Crippen LogP contribution in [0.4, 0.5) is 0 Å². The van der Waals surface area contributed by atoms with Crippen LogP contribution in [-0.4, -0.2) is 67.5 Å². The summed E-state index contributed by atoms with van der Waals surface area (Å²) in [4.78, 5) is 27.1. The lowest BCUT2D eigenvalue weighted by atomic mass is 10.3. The van der Waals surface area contributed by atoms with Crippen LogP contribution >= 0.6 is 11.8 Å². The van der Waals surface area contributed by atoms with Gasteiger partial charge in [0.05, 0.1) is 11.9 Å². The zero-order valence-corrected chi connectivity index (χ0v) is 18.4. The molecule has 0 bridgehead atoms. The number of rotatable bonds is 7. The van der Waals surface area contributed by atoms with Crippen LogP contribution in [0.5, 0.6) is 0 Å². The smallest absolute Gasteiger partial charge is 0.374 e. The number of esters is 1. The molecule has 0 aliphatic carbocycles. The monoisotopic (exact) mass is 452 g/mol. The van der Waals surface area contributed by atoms with E-state index in [0.717, 1.165) is 4.90 Å². The zero-order valence-electron chi connectivity index (χ0n) is 16.8. The molecule has 8 nitrogen and oxygen atoms in total. The Bertz CT molecular complexity index is 982. The molecule has 1 saturated heterocycles. The van der Waals surface area contributed by atoms with Crippen molar-refractivity contribution in [3.8, 4) is 0 Å². The van der Waals surface area contributed by atoms with Gasteiger partial charge in [0, 0.05) is 31.1 Å². The summed E-state index contributed by atoms with van der Waals surface area (Å²) in [6.07, 6.45) is 0. The van der Waals surface area contributed by atoms with Gasteiger partial charge in [0.25, 0.3) is 10.0 Å². The van der Waals surface area contributed by atoms with E-state index in [1.54, 1.807) is 11.8 Å². The lowest BCUT2D eigenvalue weighted by molar-refractivity contribution is -0.131. The molecule has 1 fully saturated rings. The standard InChI is InChI=1S/C20H24N2O6S2/c1-3-27-20(24)17-9-10-18(28-17)30(25,26)22-13-11-21(12-14-22)19(23)15(2)29-16-7-5-4-6-8-16/h4-10,15H,3,11-14H2,1-2H3. The number of sulfonamides is 1. The topological polar surface area (TPSA) is 97.1 Å². The number of nitrogens with zero attached hydrogens (tertiary/aromatic N) is 2. The van der Waals surface area contributed by atoms with Gasteiger partial charge in [-0.3, -0.25) is 4.79 Å². The minimum Gasteiger partial charge on any atom is -0.460 e. The van der Waals surface area contributed by atoms with E-state index in [2.05, 4.69) is 0 Å². The summed E-state index contributed by atoms with van der Waals surface area (Å²) in [5.74, 6) is -0.890. The van der Waals surface area contributed by atoms with Crippen molar-refractivity contribution < 1.29 is 27.2 Å². The van der Waals surface area contributed by atoms with Crippen molar-refractivity contribution >= 4 is 33.7 Å². The number of thioether (sulfide) groups is 1. The zero-order chi connectivity index (χ0) is 21.7. The van der Waals surface area contributed by atoms with Crippen LogP contribution in [0, 0.1) is 0 Å². The second-order valence-electron chi connectivity index (χ2n) is 6.64. The highest BCUT2D eigenvalue weighted by atomic mass is 32.2. The molecule has 1 aromatic carbocycles. The lowest BCUT2D eigenvalue weighted by Crippen LogP contribution is -2.52. The molecule has 10 heteroatoms. The van der Waals surface area contributed by atoms with E-state index < -0.39 is 16.0 Å². The van der Waals surface area contributed by atoms with Crippen LogP contribution in [0.15, 0.2) is 56.9 Å². The molecule has 2 aromatic rings. The van der Waals surface area contributed by atoms with Gasteiger partial charge in [0.15, 0.2) is 0 Å². The third-order valence-corrected chi connectivity index (χ3v) is 7.48. The third-order valence-electron chi connectivity index (χ3n) is 4.61. The highest BCUT2D eigenvalue weighted by Gasteiger charge is 2.34. The molecule has 1 aromatic heterocycles. The maximum atomic E-state index is 12.8. The van der Waals surface area contributed by atoms with Gasteiger partial charge in [-0.2, -0.15) is 4.31 Å². The van der Waals surface area contributed by atoms with Crippen molar-refractivity contribution in [1.82, 2.24) is 9.21 Å². The first-order valence-corrected chi connectivity index (χ1v) is 11.9. The predicted octanol–water partition coefficient (Wildman–Crippen LogP) is 2.47. The first-order valence-electron chi connectivity index (χ1n) is 9.60. The highest BCUT2D eigenvalue weighted by molar-refractivity contribution is 8.00. The summed E-state index contributed by atoms with van der Waals surface area (Å²) >= 11 is 1.48. The molecule has 0 N–H and O–H groups in total. The van der Waals surface area contributed by atoms with Crippen molar-refractivity contribution in [2.45, 2.75) is 29.1 Å². The quantitative estimate of drug-likeness (QED) is 0.470. The molecule has 1 aliphatic heterocycles. The Labute approximate surface area is 180 Å². The first kappa shape index (κ1) is 22.4. The summed E-state index contributed by atoms with van der Waals surface area (Å²) in [7, 11) is -3.89. The van der Waals surface area contributed by atoms with E-state index >= 15 is 0 Å². The van der Waals surface area contributed by atoms with Crippen molar-refractivity contribution in [1.29, 1.82) is 0 Å². The Hall–Kier alpha value is -2.30. The van der Waals surface area contributed by atoms with Gasteiger partial charge >= 0.3 is 5.97 Å². The molecule has 0 saturated carbocycles. The number of carbonyl (C=O) groups excluding carboxylic acids is 2. The Balaban J connectivity index is 1.59. The molecule has 0 radical (unpaired) electrons. The van der Waals surface area contributed by atoms with Crippen molar-refractivity contribution in [3.63, 3.8) is 0 Å². The second kappa shape index (κ2) is 9.67. The summed E-state index contributed by atoms with van der Waals surface area (Å²) in [5, 5.41) is -0.578. The highest BCUT2D eigenvalue weighted by Crippen LogP contribution is 2.25. The minimum absolute atomic E-state index is 0.0245. The number of hydrogen-bond acceptors (Lipinski definition) is 7. The predicted molar refractivity (Wildman–Crippen MR) is 112 cm³/mol. The van der Waals surface area contributed by atoms with Gasteiger partial charge < -0.3 is 14.1 Å². The Morgan fingerprint density at radius 2 is 1.77 bits per heavy atom. The molecule has 2 heterocycles. The van der Waals surface area contributed by atoms with Crippen LogP contribution in [0.25, 0.3) is 0 Å². The molecule has 162 valence electrons. The molecule has 1 amide bonds. The number of carbonyl (C=O) groups is 2. The summed E-state index contributed by atoms with van der Waals surface area (Å²) < 4.78 is 36.9. The number of amides is 1. The van der Waals surface area contributed by atoms with Crippen LogP contribution in [0.3, 0.4) is 0 Å². The number of furan rings is 1. The number of hydrogen-bond donors (Lipinski definition) is 0. The van der Waals surface area contributed by atoms with E-state index in [-0.39, 0.29) is 41.7 Å². The number of ether oxygens (including phenoxy) is 1. The Morgan fingerprint density at radius 1 is 1.10 bits per heavy atom. The van der Waals surface area contributed by atoms with Gasteiger partial charge in [0.1, 0.15) is 0 Å². The van der Waals surface area contributed by atoms with Crippen LogP contribution < -0.4 is 0 Å². The van der Waals surface area contributed by atoms with Crippen LogP contribution in [-0.2, 0) is 19.6 Å². The van der Waals surface area contributed by atoms with Crippen LogP contribution in [0.1, 0.15) is 24.4 Å². The lowest BCUT2D eigenvalue weighted by Gasteiger charge is -2.34. The van der Waals surface area contributed by atoms with E-state index in [4.69, 9.17) is 9.15 Å². The average Bonchev–Trinajstić information content (AvgIpc) is 3.25. The molecular weight excluding hydrogens is 428 g/mol. The molecule has 1 unspecified atom stereocenters. The SMILES string of the molecule is CCOC(=O)c1ccc(S(=O)(=O)N2CCN(C(=O)C(C)Sc3ccccc3)CC2)o1. The van der Waals surface area contributed by atoms with Gasteiger partial charge in [0.2, 0.25) is 16.8 Å². The van der Waals surface area contributed by atoms with Crippen molar-refractivity contribution in [2.24, 2.45) is 0 Å². The normalized spacial score (nSPS) is 16.3. The number of piperazine rings is 1. The van der Waals surface area contributed by atoms with Gasteiger partial charge in [-0.15, -0.1) is 11.8 Å². The average molecular weight is 453 g/mol. The van der Waals surface area contributed by atoms with Crippen molar-refractivity contribution in [3.05, 3.63) is 48.2 Å². The fraction of sp³-hybridized carbons (Fsp3) is 0.400. The maximum Gasteiger partial charge on any atom is 0.374 e. The van der Waals surface area contributed by atoms with Crippen molar-refractivity contribution in [2.75, 3.05) is 32.8 Å². The third kappa shape index (κ3) is 5.05. The van der Waals surface area contributed by atoms with E-state index in [1.165, 1.54) is 28.2 Å². The molecule has 0 spiro atoms. The van der Waals surface area contributed by atoms with E-state index in [9.17, 15) is 18.0 Å². The minimum atomic E-state index is -3.89. The van der Waals surface area contributed by atoms with Gasteiger partial charge in [-0.25, -0.2) is 13.2 Å². The largest absolute Gasteiger partial charge is 0.460 e. The first-order chi connectivity index (χ1) is 14.3. The molecule has 1 aliphatic rings. The summed E-state index contributed by atoms with van der Waals surface area (Å²) in [6, 6.07) is 12.2. The number of benzene rings is 1. The molecule has 1 atom stereocenters. The maximum absolute atomic E-state index is 12.8.